The third-order valence-corrected chi connectivity index (χ3v) is 3.47. The SMILES string of the molecule is CCCCc1c(O)c2ccccc2n(CCC)c1=O. The smallest absolute Gasteiger partial charge is 0.257 e. The predicted molar refractivity (Wildman–Crippen MR) is 78.8 cm³/mol. The van der Waals surface area contributed by atoms with E-state index in [0.29, 0.717) is 18.5 Å². The summed E-state index contributed by atoms with van der Waals surface area (Å²) in [4.78, 5) is 12.5. The molecule has 1 N–H and O–H groups in total. The number of hydrogen-bond donors (Lipinski definition) is 1. The van der Waals surface area contributed by atoms with E-state index in [2.05, 4.69) is 13.8 Å². The van der Waals surface area contributed by atoms with Crippen LogP contribution in [0.1, 0.15) is 38.7 Å². The maximum Gasteiger partial charge on any atom is 0.257 e. The number of aryl methyl sites for hydroxylation is 1. The summed E-state index contributed by atoms with van der Waals surface area (Å²) >= 11 is 0. The number of fused-ring (bicyclic) bond motifs is 1. The Morgan fingerprint density at radius 1 is 1.16 bits per heavy atom. The number of para-hydroxylation sites is 1. The summed E-state index contributed by atoms with van der Waals surface area (Å²) in [6, 6.07) is 7.58. The summed E-state index contributed by atoms with van der Waals surface area (Å²) in [5.74, 6) is 0.168. The third-order valence-electron chi connectivity index (χ3n) is 3.47. The molecule has 2 aromatic rings. The van der Waals surface area contributed by atoms with Crippen LogP contribution in [-0.4, -0.2) is 9.67 Å². The molecule has 0 aliphatic heterocycles. The van der Waals surface area contributed by atoms with E-state index in [1.165, 1.54) is 0 Å². The summed E-state index contributed by atoms with van der Waals surface area (Å²) in [5, 5.41) is 11.1. The highest BCUT2D eigenvalue weighted by molar-refractivity contribution is 5.86. The monoisotopic (exact) mass is 259 g/mol. The second-order valence-corrected chi connectivity index (χ2v) is 4.90. The second kappa shape index (κ2) is 5.91. The molecule has 0 saturated carbocycles. The van der Waals surface area contributed by atoms with Crippen molar-refractivity contribution in [1.82, 2.24) is 4.57 Å². The fourth-order valence-corrected chi connectivity index (χ4v) is 2.47. The van der Waals surface area contributed by atoms with Gasteiger partial charge >= 0.3 is 0 Å². The largest absolute Gasteiger partial charge is 0.507 e. The van der Waals surface area contributed by atoms with Crippen molar-refractivity contribution in [2.45, 2.75) is 46.1 Å². The molecule has 0 saturated heterocycles. The van der Waals surface area contributed by atoms with Crippen LogP contribution in [0.15, 0.2) is 29.1 Å². The minimum absolute atomic E-state index is 0.0356. The Hall–Kier alpha value is -1.77. The normalized spacial score (nSPS) is 11.1. The minimum Gasteiger partial charge on any atom is -0.507 e. The van der Waals surface area contributed by atoms with Crippen LogP contribution in [0.3, 0.4) is 0 Å². The number of aromatic nitrogens is 1. The number of pyridine rings is 1. The quantitative estimate of drug-likeness (QED) is 0.893. The van der Waals surface area contributed by atoms with E-state index in [4.69, 9.17) is 0 Å². The summed E-state index contributed by atoms with van der Waals surface area (Å²) < 4.78 is 1.79. The third kappa shape index (κ3) is 2.50. The van der Waals surface area contributed by atoms with Crippen molar-refractivity contribution in [1.29, 1.82) is 0 Å². The molecule has 3 heteroatoms. The maximum absolute atomic E-state index is 12.5. The Bertz CT molecular complexity index is 628. The zero-order chi connectivity index (χ0) is 13.8. The highest BCUT2D eigenvalue weighted by Gasteiger charge is 2.14. The van der Waals surface area contributed by atoms with Crippen molar-refractivity contribution in [2.24, 2.45) is 0 Å². The van der Waals surface area contributed by atoms with Crippen molar-refractivity contribution < 1.29 is 5.11 Å². The van der Waals surface area contributed by atoms with Gasteiger partial charge in [0.2, 0.25) is 0 Å². The molecule has 3 nitrogen and oxygen atoms in total. The average Bonchev–Trinajstić information content (AvgIpc) is 2.43. The molecule has 1 aromatic carbocycles. The standard InChI is InChI=1S/C16H21NO2/c1-3-5-8-13-15(18)12-9-6-7-10-14(12)17(11-4-2)16(13)19/h6-7,9-10,18H,3-5,8,11H2,1-2H3. The number of rotatable bonds is 5. The van der Waals surface area contributed by atoms with E-state index in [-0.39, 0.29) is 11.3 Å². The summed E-state index contributed by atoms with van der Waals surface area (Å²) in [5.41, 5.74) is 1.35. The predicted octanol–water partition coefficient (Wildman–Crippen LogP) is 3.46. The molecule has 0 radical (unpaired) electrons. The number of unbranched alkanes of at least 4 members (excludes halogenated alkanes) is 1. The molecule has 0 bridgehead atoms. The van der Waals surface area contributed by atoms with Crippen molar-refractivity contribution in [2.75, 3.05) is 0 Å². The van der Waals surface area contributed by atoms with Crippen molar-refractivity contribution >= 4 is 10.9 Å². The lowest BCUT2D eigenvalue weighted by Crippen LogP contribution is -2.24. The van der Waals surface area contributed by atoms with E-state index in [0.717, 1.165) is 30.2 Å². The first-order valence-electron chi connectivity index (χ1n) is 7.04. The Morgan fingerprint density at radius 3 is 2.58 bits per heavy atom. The Labute approximate surface area is 113 Å². The Morgan fingerprint density at radius 2 is 1.89 bits per heavy atom. The van der Waals surface area contributed by atoms with E-state index >= 15 is 0 Å². The number of hydrogen-bond acceptors (Lipinski definition) is 2. The van der Waals surface area contributed by atoms with Crippen LogP contribution in [0.2, 0.25) is 0 Å². The fraction of sp³-hybridized carbons (Fsp3) is 0.438. The first-order valence-corrected chi connectivity index (χ1v) is 7.04. The Kier molecular flexibility index (Phi) is 4.25. The van der Waals surface area contributed by atoms with Gasteiger partial charge in [-0.3, -0.25) is 4.79 Å². The van der Waals surface area contributed by atoms with Gasteiger partial charge in [-0.05, 0) is 31.4 Å². The maximum atomic E-state index is 12.5. The summed E-state index contributed by atoms with van der Waals surface area (Å²) in [7, 11) is 0. The highest BCUT2D eigenvalue weighted by atomic mass is 16.3. The molecule has 0 aliphatic rings. The lowest BCUT2D eigenvalue weighted by Gasteiger charge is -2.14. The minimum atomic E-state index is -0.0356. The lowest BCUT2D eigenvalue weighted by atomic mass is 10.0. The van der Waals surface area contributed by atoms with Crippen LogP contribution in [0.25, 0.3) is 10.9 Å². The van der Waals surface area contributed by atoms with Crippen LogP contribution >= 0.6 is 0 Å². The van der Waals surface area contributed by atoms with Gasteiger partial charge in [-0.15, -0.1) is 0 Å². The Balaban J connectivity index is 2.71. The zero-order valence-electron chi connectivity index (χ0n) is 11.6. The van der Waals surface area contributed by atoms with E-state index < -0.39 is 0 Å². The van der Waals surface area contributed by atoms with Gasteiger partial charge in [0.15, 0.2) is 0 Å². The molecular formula is C16H21NO2. The molecule has 1 aromatic heterocycles. The van der Waals surface area contributed by atoms with Crippen molar-refractivity contribution in [3.8, 4) is 5.75 Å². The molecule has 1 heterocycles. The molecule has 0 aliphatic carbocycles. The van der Waals surface area contributed by atoms with Crippen LogP contribution in [0.4, 0.5) is 0 Å². The van der Waals surface area contributed by atoms with Crippen LogP contribution in [0, 0.1) is 0 Å². The lowest BCUT2D eigenvalue weighted by molar-refractivity contribution is 0.468. The summed E-state index contributed by atoms with van der Waals surface area (Å²) in [6.07, 6.45) is 3.49. The molecule has 0 fully saturated rings. The zero-order valence-corrected chi connectivity index (χ0v) is 11.6. The van der Waals surface area contributed by atoms with Gasteiger partial charge in [0.25, 0.3) is 5.56 Å². The van der Waals surface area contributed by atoms with Crippen LogP contribution in [0.5, 0.6) is 5.75 Å². The molecule has 2 rings (SSSR count). The number of aromatic hydroxyl groups is 1. The van der Waals surface area contributed by atoms with Gasteiger partial charge < -0.3 is 9.67 Å². The highest BCUT2D eigenvalue weighted by Crippen LogP contribution is 2.27. The van der Waals surface area contributed by atoms with Gasteiger partial charge in [0, 0.05) is 11.9 Å². The van der Waals surface area contributed by atoms with E-state index in [1.54, 1.807) is 4.57 Å². The first kappa shape index (κ1) is 13.7. The molecule has 102 valence electrons. The molecule has 0 amide bonds. The molecule has 0 spiro atoms. The van der Waals surface area contributed by atoms with E-state index in [1.807, 2.05) is 24.3 Å². The van der Waals surface area contributed by atoms with Gasteiger partial charge in [-0.2, -0.15) is 0 Å². The number of nitrogens with zero attached hydrogens (tertiary/aromatic N) is 1. The van der Waals surface area contributed by atoms with Crippen LogP contribution in [-0.2, 0) is 13.0 Å². The van der Waals surface area contributed by atoms with Crippen LogP contribution < -0.4 is 5.56 Å². The summed E-state index contributed by atoms with van der Waals surface area (Å²) in [6.45, 7) is 4.83. The van der Waals surface area contributed by atoms with E-state index in [9.17, 15) is 9.90 Å². The topological polar surface area (TPSA) is 42.2 Å². The van der Waals surface area contributed by atoms with Crippen molar-refractivity contribution in [3.63, 3.8) is 0 Å². The van der Waals surface area contributed by atoms with Gasteiger partial charge in [0.1, 0.15) is 5.75 Å². The van der Waals surface area contributed by atoms with Gasteiger partial charge in [0.05, 0.1) is 11.1 Å². The molecule has 0 atom stereocenters. The number of benzene rings is 1. The second-order valence-electron chi connectivity index (χ2n) is 4.90. The van der Waals surface area contributed by atoms with Gasteiger partial charge in [-0.1, -0.05) is 32.4 Å². The molecule has 19 heavy (non-hydrogen) atoms. The molecular weight excluding hydrogens is 238 g/mol. The fourth-order valence-electron chi connectivity index (χ4n) is 2.47. The van der Waals surface area contributed by atoms with Crippen molar-refractivity contribution in [3.05, 3.63) is 40.2 Å². The first-order chi connectivity index (χ1) is 9.20. The average molecular weight is 259 g/mol. The van der Waals surface area contributed by atoms with Gasteiger partial charge in [-0.25, -0.2) is 0 Å². The molecule has 0 unspecified atom stereocenters.